The number of amides is 2. The van der Waals surface area contributed by atoms with E-state index in [9.17, 15) is 9.59 Å². The Morgan fingerprint density at radius 1 is 1.27 bits per heavy atom. The van der Waals surface area contributed by atoms with Gasteiger partial charge in [0.05, 0.1) is 6.33 Å². The Kier molecular flexibility index (Phi) is 5.71. The second kappa shape index (κ2) is 7.97. The number of hydrogen-bond donors (Lipinski definition) is 2. The van der Waals surface area contributed by atoms with Crippen molar-refractivity contribution in [3.8, 4) is 0 Å². The van der Waals surface area contributed by atoms with Gasteiger partial charge in [0, 0.05) is 31.0 Å². The van der Waals surface area contributed by atoms with Crippen LogP contribution in [0.15, 0.2) is 49.1 Å². The van der Waals surface area contributed by atoms with Crippen LogP contribution in [0.5, 0.6) is 0 Å². The van der Waals surface area contributed by atoms with Gasteiger partial charge in [0.2, 0.25) is 5.91 Å². The number of carbonyl (C=O) groups excluding carboxylic acids is 2. The van der Waals surface area contributed by atoms with E-state index in [1.54, 1.807) is 43.7 Å². The average molecular weight is 300 g/mol. The lowest BCUT2D eigenvalue weighted by atomic mass is 10.2. The van der Waals surface area contributed by atoms with E-state index in [2.05, 4.69) is 15.6 Å². The highest BCUT2D eigenvalue weighted by atomic mass is 16.2. The second-order valence-corrected chi connectivity index (χ2v) is 5.01. The van der Waals surface area contributed by atoms with Crippen molar-refractivity contribution in [2.45, 2.75) is 25.9 Å². The van der Waals surface area contributed by atoms with Crippen LogP contribution in [0.25, 0.3) is 0 Å². The fourth-order valence-corrected chi connectivity index (χ4v) is 1.98. The van der Waals surface area contributed by atoms with Crippen LogP contribution >= 0.6 is 0 Å². The molecular weight excluding hydrogens is 280 g/mol. The normalized spacial score (nSPS) is 11.7. The molecule has 0 aliphatic rings. The molecule has 116 valence electrons. The van der Waals surface area contributed by atoms with Gasteiger partial charge in [-0.2, -0.15) is 0 Å². The SMILES string of the molecule is CC(NC(=O)c1ccccc1)C(=O)NCCCn1ccnc1. The molecule has 0 saturated heterocycles. The number of hydrogen-bond acceptors (Lipinski definition) is 3. The molecule has 1 heterocycles. The van der Waals surface area contributed by atoms with Gasteiger partial charge in [0.25, 0.3) is 5.91 Å². The zero-order valence-corrected chi connectivity index (χ0v) is 12.5. The average Bonchev–Trinajstić information content (AvgIpc) is 3.05. The summed E-state index contributed by atoms with van der Waals surface area (Å²) in [5.74, 6) is -0.434. The van der Waals surface area contributed by atoms with Crippen molar-refractivity contribution >= 4 is 11.8 Å². The number of benzene rings is 1. The summed E-state index contributed by atoms with van der Waals surface area (Å²) in [6, 6.07) is 8.27. The number of imidazole rings is 1. The van der Waals surface area contributed by atoms with E-state index in [-0.39, 0.29) is 11.8 Å². The maximum absolute atomic E-state index is 11.9. The van der Waals surface area contributed by atoms with E-state index in [0.717, 1.165) is 13.0 Å². The smallest absolute Gasteiger partial charge is 0.251 e. The topological polar surface area (TPSA) is 76.0 Å². The Morgan fingerprint density at radius 2 is 2.05 bits per heavy atom. The molecule has 0 radical (unpaired) electrons. The summed E-state index contributed by atoms with van der Waals surface area (Å²) >= 11 is 0. The first-order valence-electron chi connectivity index (χ1n) is 7.26. The third-order valence-corrected chi connectivity index (χ3v) is 3.23. The molecule has 2 amide bonds. The van der Waals surface area contributed by atoms with E-state index in [1.807, 2.05) is 16.8 Å². The zero-order chi connectivity index (χ0) is 15.8. The lowest BCUT2D eigenvalue weighted by Crippen LogP contribution is -2.45. The van der Waals surface area contributed by atoms with Crippen LogP contribution in [0.3, 0.4) is 0 Å². The molecule has 0 aliphatic heterocycles. The quantitative estimate of drug-likeness (QED) is 0.755. The molecule has 0 fully saturated rings. The number of nitrogens with zero attached hydrogens (tertiary/aromatic N) is 2. The van der Waals surface area contributed by atoms with Gasteiger partial charge >= 0.3 is 0 Å². The predicted octanol–water partition coefficient (Wildman–Crippen LogP) is 1.21. The lowest BCUT2D eigenvalue weighted by Gasteiger charge is -2.14. The summed E-state index contributed by atoms with van der Waals surface area (Å²) in [5, 5.41) is 5.50. The van der Waals surface area contributed by atoms with Crippen molar-refractivity contribution < 1.29 is 9.59 Å². The van der Waals surface area contributed by atoms with Crippen LogP contribution in [-0.2, 0) is 11.3 Å². The maximum atomic E-state index is 11.9. The van der Waals surface area contributed by atoms with E-state index in [0.29, 0.717) is 12.1 Å². The van der Waals surface area contributed by atoms with Crippen molar-refractivity contribution in [3.05, 3.63) is 54.6 Å². The minimum absolute atomic E-state index is 0.185. The highest BCUT2D eigenvalue weighted by molar-refractivity contribution is 5.97. The van der Waals surface area contributed by atoms with Crippen LogP contribution < -0.4 is 10.6 Å². The Labute approximate surface area is 129 Å². The number of aryl methyl sites for hydroxylation is 1. The summed E-state index contributed by atoms with van der Waals surface area (Å²) < 4.78 is 1.95. The fourth-order valence-electron chi connectivity index (χ4n) is 1.98. The molecule has 22 heavy (non-hydrogen) atoms. The van der Waals surface area contributed by atoms with E-state index in [1.165, 1.54) is 0 Å². The maximum Gasteiger partial charge on any atom is 0.251 e. The lowest BCUT2D eigenvalue weighted by molar-refractivity contribution is -0.122. The largest absolute Gasteiger partial charge is 0.354 e. The van der Waals surface area contributed by atoms with Gasteiger partial charge in [-0.1, -0.05) is 18.2 Å². The highest BCUT2D eigenvalue weighted by Gasteiger charge is 2.15. The van der Waals surface area contributed by atoms with Gasteiger partial charge in [-0.15, -0.1) is 0 Å². The second-order valence-electron chi connectivity index (χ2n) is 5.01. The first-order chi connectivity index (χ1) is 10.7. The molecule has 6 heteroatoms. The molecule has 0 bridgehead atoms. The predicted molar refractivity (Wildman–Crippen MR) is 83.2 cm³/mol. The summed E-state index contributed by atoms with van der Waals surface area (Å²) in [7, 11) is 0. The van der Waals surface area contributed by atoms with Crippen molar-refractivity contribution in [1.29, 1.82) is 0 Å². The Morgan fingerprint density at radius 3 is 2.73 bits per heavy atom. The van der Waals surface area contributed by atoms with Gasteiger partial charge in [0.1, 0.15) is 6.04 Å². The van der Waals surface area contributed by atoms with Crippen LogP contribution in [0.4, 0.5) is 0 Å². The molecule has 0 saturated carbocycles. The van der Waals surface area contributed by atoms with Crippen LogP contribution in [0.1, 0.15) is 23.7 Å². The standard InChI is InChI=1S/C16H20N4O2/c1-13(19-16(22)14-6-3-2-4-7-14)15(21)18-8-5-10-20-11-9-17-12-20/h2-4,6-7,9,11-13H,5,8,10H2,1H3,(H,18,21)(H,19,22). The first-order valence-corrected chi connectivity index (χ1v) is 7.26. The molecule has 1 aromatic carbocycles. The van der Waals surface area contributed by atoms with Crippen molar-refractivity contribution in [2.75, 3.05) is 6.54 Å². The van der Waals surface area contributed by atoms with Crippen LogP contribution in [-0.4, -0.2) is 34.0 Å². The van der Waals surface area contributed by atoms with Crippen molar-refractivity contribution in [1.82, 2.24) is 20.2 Å². The van der Waals surface area contributed by atoms with Crippen molar-refractivity contribution in [2.24, 2.45) is 0 Å². The molecule has 2 aromatic rings. The minimum atomic E-state index is -0.569. The molecule has 1 atom stereocenters. The van der Waals surface area contributed by atoms with Crippen LogP contribution in [0, 0.1) is 0 Å². The molecule has 1 unspecified atom stereocenters. The van der Waals surface area contributed by atoms with Gasteiger partial charge in [0.15, 0.2) is 0 Å². The monoisotopic (exact) mass is 300 g/mol. The molecule has 0 spiro atoms. The Bertz CT molecular complexity index is 596. The third kappa shape index (κ3) is 4.73. The summed E-state index contributed by atoms with van der Waals surface area (Å²) in [6.45, 7) is 3.03. The molecular formula is C16H20N4O2. The highest BCUT2D eigenvalue weighted by Crippen LogP contribution is 1.99. The molecule has 6 nitrogen and oxygen atoms in total. The summed E-state index contributed by atoms with van der Waals surface area (Å²) in [5.41, 5.74) is 0.544. The van der Waals surface area contributed by atoms with E-state index >= 15 is 0 Å². The number of nitrogens with one attached hydrogen (secondary N) is 2. The Balaban J connectivity index is 1.69. The van der Waals surface area contributed by atoms with Crippen molar-refractivity contribution in [3.63, 3.8) is 0 Å². The summed E-state index contributed by atoms with van der Waals surface area (Å²) in [6.07, 6.45) is 6.15. The molecule has 2 N–H and O–H groups in total. The molecule has 2 rings (SSSR count). The van der Waals surface area contributed by atoms with E-state index in [4.69, 9.17) is 0 Å². The molecule has 1 aromatic heterocycles. The van der Waals surface area contributed by atoms with Gasteiger partial charge < -0.3 is 15.2 Å². The van der Waals surface area contributed by atoms with Gasteiger partial charge in [-0.25, -0.2) is 4.98 Å². The third-order valence-electron chi connectivity index (χ3n) is 3.23. The van der Waals surface area contributed by atoms with Gasteiger partial charge in [-0.05, 0) is 25.5 Å². The fraction of sp³-hybridized carbons (Fsp3) is 0.312. The first kappa shape index (κ1) is 15.8. The number of carbonyl (C=O) groups is 2. The summed E-state index contributed by atoms with van der Waals surface area (Å²) in [4.78, 5) is 27.8. The van der Waals surface area contributed by atoms with E-state index < -0.39 is 6.04 Å². The molecule has 0 aliphatic carbocycles. The number of aromatic nitrogens is 2. The Hall–Kier alpha value is -2.63. The minimum Gasteiger partial charge on any atom is -0.354 e. The van der Waals surface area contributed by atoms with Gasteiger partial charge in [-0.3, -0.25) is 9.59 Å². The van der Waals surface area contributed by atoms with Crippen LogP contribution in [0.2, 0.25) is 0 Å². The number of rotatable bonds is 7. The zero-order valence-electron chi connectivity index (χ0n) is 12.5.